The Morgan fingerprint density at radius 2 is 2.03 bits per heavy atom. The summed E-state index contributed by atoms with van der Waals surface area (Å²) in [5.74, 6) is -1.09. The van der Waals surface area contributed by atoms with E-state index in [1.165, 1.54) is 6.07 Å². The molecule has 1 aliphatic heterocycles. The molecule has 2 aromatic rings. The smallest absolute Gasteiger partial charge is 0.273 e. The van der Waals surface area contributed by atoms with Gasteiger partial charge in [0.1, 0.15) is 17.4 Å². The maximum atomic E-state index is 14.7. The van der Waals surface area contributed by atoms with Gasteiger partial charge in [0.15, 0.2) is 5.69 Å². The molecule has 2 amide bonds. The van der Waals surface area contributed by atoms with Gasteiger partial charge in [-0.2, -0.15) is 5.10 Å². The third kappa shape index (κ3) is 5.40. The molecule has 0 bridgehead atoms. The van der Waals surface area contributed by atoms with Crippen LogP contribution in [-0.2, 0) is 16.1 Å². The number of halogens is 1. The zero-order chi connectivity index (χ0) is 22.6. The minimum Gasteiger partial charge on any atom is -0.395 e. The van der Waals surface area contributed by atoms with E-state index >= 15 is 0 Å². The number of aliphatic hydroxyl groups excluding tert-OH is 1. The van der Waals surface area contributed by atoms with Crippen LogP contribution < -0.4 is 10.6 Å². The highest BCUT2D eigenvalue weighted by molar-refractivity contribution is 6.06. The predicted molar refractivity (Wildman–Crippen MR) is 114 cm³/mol. The highest BCUT2D eigenvalue weighted by Crippen LogP contribution is 2.26. The van der Waals surface area contributed by atoms with Gasteiger partial charge < -0.3 is 20.5 Å². The molecule has 31 heavy (non-hydrogen) atoms. The van der Waals surface area contributed by atoms with Crippen molar-refractivity contribution in [3.8, 4) is 0 Å². The molecule has 0 unspecified atom stereocenters. The van der Waals surface area contributed by atoms with Crippen LogP contribution in [0.15, 0.2) is 18.2 Å². The fourth-order valence-corrected chi connectivity index (χ4v) is 3.82. The molecule has 3 rings (SSSR count). The molecule has 0 radical (unpaired) electrons. The van der Waals surface area contributed by atoms with E-state index in [-0.39, 0.29) is 24.4 Å². The van der Waals surface area contributed by atoms with Crippen molar-refractivity contribution in [1.82, 2.24) is 20.4 Å². The van der Waals surface area contributed by atoms with Crippen molar-refractivity contribution in [2.45, 2.75) is 46.2 Å². The molecular formula is C22H31FN4O4. The third-order valence-electron chi connectivity index (χ3n) is 5.52. The van der Waals surface area contributed by atoms with Gasteiger partial charge in [0.25, 0.3) is 5.91 Å². The van der Waals surface area contributed by atoms with Gasteiger partial charge in [-0.15, -0.1) is 0 Å². The highest BCUT2D eigenvalue weighted by Gasteiger charge is 2.34. The Hall–Kier alpha value is -2.52. The van der Waals surface area contributed by atoms with Crippen molar-refractivity contribution in [3.05, 3.63) is 29.7 Å². The van der Waals surface area contributed by atoms with Crippen molar-refractivity contribution >= 4 is 22.7 Å². The first kappa shape index (κ1) is 23.1. The molecule has 2 heterocycles. The fraction of sp³-hybridized carbons (Fsp3) is 0.591. The Balaban J connectivity index is 1.90. The number of benzene rings is 1. The molecule has 8 nitrogen and oxygen atoms in total. The van der Waals surface area contributed by atoms with Crippen LogP contribution in [0, 0.1) is 17.2 Å². The van der Waals surface area contributed by atoms with E-state index in [1.807, 2.05) is 20.8 Å². The number of carbonyl (C=O) groups excluding carboxylic acids is 2. The van der Waals surface area contributed by atoms with Crippen LogP contribution in [0.2, 0.25) is 0 Å². The first-order valence-corrected chi connectivity index (χ1v) is 10.6. The molecule has 3 N–H and O–H groups in total. The molecule has 170 valence electrons. The first-order valence-electron chi connectivity index (χ1n) is 10.6. The summed E-state index contributed by atoms with van der Waals surface area (Å²) in [5, 5.41) is 19.2. The van der Waals surface area contributed by atoms with Crippen LogP contribution in [0.25, 0.3) is 10.9 Å². The third-order valence-corrected chi connectivity index (χ3v) is 5.52. The number of ether oxygens (including phenoxy) is 1. The summed E-state index contributed by atoms with van der Waals surface area (Å²) in [6, 6.07) is 3.71. The summed E-state index contributed by atoms with van der Waals surface area (Å²) in [6.45, 7) is 7.21. The number of para-hydroxylation sites is 1. The standard InChI is InChI=1S/C22H31FN4O4/c1-22(2,3)19(21(30)24-9-10-28)25-20(29)17-15-5-4-6-16(23)18(15)27(26-17)13-14-7-11-31-12-8-14/h4-6,14,19,28H,7-13H2,1-3H3,(H,24,30)(H,25,29)/t19-/m1/s1. The summed E-state index contributed by atoms with van der Waals surface area (Å²) < 4.78 is 21.7. The number of nitrogens with zero attached hydrogens (tertiary/aromatic N) is 2. The summed E-state index contributed by atoms with van der Waals surface area (Å²) in [6.07, 6.45) is 1.71. The van der Waals surface area contributed by atoms with Gasteiger partial charge in [-0.05, 0) is 30.2 Å². The lowest BCUT2D eigenvalue weighted by atomic mass is 9.86. The monoisotopic (exact) mass is 434 g/mol. The van der Waals surface area contributed by atoms with Gasteiger partial charge in [0, 0.05) is 31.7 Å². The molecule has 1 aromatic carbocycles. The van der Waals surface area contributed by atoms with Gasteiger partial charge in [-0.25, -0.2) is 4.39 Å². The largest absolute Gasteiger partial charge is 0.395 e. The fourth-order valence-electron chi connectivity index (χ4n) is 3.82. The van der Waals surface area contributed by atoms with Crippen molar-refractivity contribution in [3.63, 3.8) is 0 Å². The average molecular weight is 435 g/mol. The molecule has 9 heteroatoms. The number of fused-ring (bicyclic) bond motifs is 1. The lowest BCUT2D eigenvalue weighted by Gasteiger charge is -2.30. The minimum atomic E-state index is -0.851. The molecular weight excluding hydrogens is 403 g/mol. The van der Waals surface area contributed by atoms with E-state index in [0.717, 1.165) is 12.8 Å². The van der Waals surface area contributed by atoms with Crippen LogP contribution in [0.1, 0.15) is 44.1 Å². The zero-order valence-corrected chi connectivity index (χ0v) is 18.3. The average Bonchev–Trinajstić information content (AvgIpc) is 3.09. The first-order chi connectivity index (χ1) is 14.7. The lowest BCUT2D eigenvalue weighted by molar-refractivity contribution is -0.125. The summed E-state index contributed by atoms with van der Waals surface area (Å²) in [4.78, 5) is 25.7. The lowest BCUT2D eigenvalue weighted by Crippen LogP contribution is -2.54. The van der Waals surface area contributed by atoms with Gasteiger partial charge in [-0.3, -0.25) is 14.3 Å². The van der Waals surface area contributed by atoms with Crippen LogP contribution in [-0.4, -0.2) is 59.1 Å². The Bertz CT molecular complexity index is 931. The van der Waals surface area contributed by atoms with Crippen molar-refractivity contribution in [2.75, 3.05) is 26.4 Å². The Labute approximate surface area is 181 Å². The van der Waals surface area contributed by atoms with Crippen molar-refractivity contribution < 1.29 is 23.8 Å². The quantitative estimate of drug-likeness (QED) is 0.617. The highest BCUT2D eigenvalue weighted by atomic mass is 19.1. The van der Waals surface area contributed by atoms with E-state index in [0.29, 0.717) is 31.1 Å². The van der Waals surface area contributed by atoms with Crippen LogP contribution in [0.3, 0.4) is 0 Å². The number of aromatic nitrogens is 2. The zero-order valence-electron chi connectivity index (χ0n) is 18.3. The van der Waals surface area contributed by atoms with Crippen LogP contribution in [0.5, 0.6) is 0 Å². The van der Waals surface area contributed by atoms with Gasteiger partial charge in [0.05, 0.1) is 6.61 Å². The number of hydrogen-bond acceptors (Lipinski definition) is 5. The second-order valence-electron chi connectivity index (χ2n) is 9.01. The second kappa shape index (κ2) is 9.74. The molecule has 1 saturated heterocycles. The van der Waals surface area contributed by atoms with Crippen LogP contribution >= 0.6 is 0 Å². The van der Waals surface area contributed by atoms with Gasteiger partial charge >= 0.3 is 0 Å². The molecule has 0 aliphatic carbocycles. The van der Waals surface area contributed by atoms with Gasteiger partial charge in [0.2, 0.25) is 5.91 Å². The van der Waals surface area contributed by atoms with Crippen molar-refractivity contribution in [2.24, 2.45) is 11.3 Å². The molecule has 1 atom stereocenters. The van der Waals surface area contributed by atoms with Crippen molar-refractivity contribution in [1.29, 1.82) is 0 Å². The minimum absolute atomic E-state index is 0.0887. The second-order valence-corrected chi connectivity index (χ2v) is 9.01. The van der Waals surface area contributed by atoms with E-state index in [9.17, 15) is 14.0 Å². The molecule has 1 aromatic heterocycles. The number of carbonyl (C=O) groups is 2. The topological polar surface area (TPSA) is 105 Å². The van der Waals surface area contributed by atoms with E-state index < -0.39 is 29.1 Å². The SMILES string of the molecule is CC(C)(C)[C@H](NC(=O)c1nn(CC2CCOCC2)c2c(F)cccc12)C(=O)NCCO. The number of nitrogens with one attached hydrogen (secondary N) is 2. The number of hydrogen-bond donors (Lipinski definition) is 3. The van der Waals surface area contributed by atoms with E-state index in [1.54, 1.807) is 16.8 Å². The molecule has 1 aliphatic rings. The van der Waals surface area contributed by atoms with Crippen LogP contribution in [0.4, 0.5) is 4.39 Å². The predicted octanol–water partition coefficient (Wildman–Crippen LogP) is 1.85. The maximum absolute atomic E-state index is 14.7. The number of amides is 2. The van der Waals surface area contributed by atoms with E-state index in [4.69, 9.17) is 9.84 Å². The molecule has 1 fully saturated rings. The summed E-state index contributed by atoms with van der Waals surface area (Å²) in [7, 11) is 0. The number of aliphatic hydroxyl groups is 1. The normalized spacial score (nSPS) is 16.3. The molecule has 0 saturated carbocycles. The van der Waals surface area contributed by atoms with E-state index in [2.05, 4.69) is 15.7 Å². The summed E-state index contributed by atoms with van der Waals surface area (Å²) in [5.41, 5.74) is -0.206. The summed E-state index contributed by atoms with van der Waals surface area (Å²) >= 11 is 0. The Morgan fingerprint density at radius 1 is 1.32 bits per heavy atom. The Kier molecular flexibility index (Phi) is 7.27. The van der Waals surface area contributed by atoms with Gasteiger partial charge in [-0.1, -0.05) is 32.9 Å². The molecule has 0 spiro atoms. The maximum Gasteiger partial charge on any atom is 0.273 e. The number of rotatable bonds is 7. The Morgan fingerprint density at radius 3 is 2.68 bits per heavy atom.